The van der Waals surface area contributed by atoms with E-state index in [1.807, 2.05) is 23.5 Å². The normalized spacial score (nSPS) is 17.3. The fraction of sp³-hybridized carbons (Fsp3) is 0.333. The van der Waals surface area contributed by atoms with Crippen LogP contribution in [0.15, 0.2) is 61.1 Å². The molecule has 0 saturated carbocycles. The van der Waals surface area contributed by atoms with Crippen LogP contribution < -0.4 is 15.4 Å². The number of nitrogens with one attached hydrogen (secondary N) is 2. The van der Waals surface area contributed by atoms with E-state index in [1.165, 1.54) is 12.1 Å². The number of benzene rings is 2. The number of halogens is 2. The minimum absolute atomic E-state index is 0.0310. The fourth-order valence-corrected chi connectivity index (χ4v) is 5.37. The number of anilines is 2. The Bertz CT molecular complexity index is 1610. The average Bonchev–Trinajstić information content (AvgIpc) is 3.46. The van der Waals surface area contributed by atoms with E-state index in [-0.39, 0.29) is 17.6 Å². The molecule has 1 atom stereocenters. The van der Waals surface area contributed by atoms with Crippen LogP contribution in [-0.2, 0) is 9.53 Å². The highest BCUT2D eigenvalue weighted by Gasteiger charge is 2.31. The molecule has 2 N–H and O–H groups in total. The van der Waals surface area contributed by atoms with Crippen LogP contribution in [0, 0.1) is 6.92 Å². The van der Waals surface area contributed by atoms with Gasteiger partial charge >= 0.3 is 6.61 Å². The van der Waals surface area contributed by atoms with Gasteiger partial charge in [-0.2, -0.15) is 8.78 Å². The molecule has 2 saturated heterocycles. The lowest BCUT2D eigenvalue weighted by Crippen LogP contribution is -2.56. The monoisotopic (exact) mass is 591 g/mol. The first-order chi connectivity index (χ1) is 20.9. The zero-order valence-corrected chi connectivity index (χ0v) is 23.5. The van der Waals surface area contributed by atoms with E-state index in [0.717, 1.165) is 29.1 Å². The molecule has 2 amide bonds. The lowest BCUT2D eigenvalue weighted by Gasteiger charge is -2.37. The molecule has 0 bridgehead atoms. The minimum atomic E-state index is -2.88. The number of hydrogen-bond donors (Lipinski definition) is 2. The molecule has 2 aromatic heterocycles. The van der Waals surface area contributed by atoms with Crippen molar-refractivity contribution < 1.29 is 27.8 Å². The van der Waals surface area contributed by atoms with E-state index in [0.29, 0.717) is 56.4 Å². The van der Waals surface area contributed by atoms with E-state index in [2.05, 4.69) is 25.3 Å². The van der Waals surface area contributed by atoms with Gasteiger partial charge in [0.05, 0.1) is 18.5 Å². The molecule has 2 fully saturated rings. The molecule has 0 aliphatic carbocycles. The molecular weight excluding hydrogens is 560 g/mol. The Morgan fingerprint density at radius 1 is 1.07 bits per heavy atom. The maximum absolute atomic E-state index is 13.4. The molecule has 13 heteroatoms. The van der Waals surface area contributed by atoms with E-state index in [1.54, 1.807) is 46.6 Å². The van der Waals surface area contributed by atoms with Crippen LogP contribution in [0.5, 0.6) is 5.75 Å². The highest BCUT2D eigenvalue weighted by molar-refractivity contribution is 5.96. The Labute approximate surface area is 246 Å². The molecule has 6 rings (SSSR count). The van der Waals surface area contributed by atoms with Crippen molar-refractivity contribution >= 4 is 29.0 Å². The number of ether oxygens (including phenoxy) is 2. The smallest absolute Gasteiger partial charge is 0.387 e. The number of aromatic nitrogens is 3. The Morgan fingerprint density at radius 3 is 2.53 bits per heavy atom. The van der Waals surface area contributed by atoms with Crippen LogP contribution in [0.1, 0.15) is 15.9 Å². The third kappa shape index (κ3) is 6.13. The number of nitrogens with zero attached hydrogens (tertiary/aromatic N) is 5. The van der Waals surface area contributed by atoms with Crippen LogP contribution >= 0.6 is 0 Å². The molecule has 0 unspecified atom stereocenters. The number of fused-ring (bicyclic) bond motifs is 1. The number of piperazine rings is 1. The van der Waals surface area contributed by atoms with Crippen molar-refractivity contribution in [2.75, 3.05) is 51.2 Å². The second-order valence-corrected chi connectivity index (χ2v) is 10.4. The molecule has 4 heterocycles. The topological polar surface area (TPSA) is 113 Å². The van der Waals surface area contributed by atoms with Gasteiger partial charge < -0.3 is 29.9 Å². The van der Waals surface area contributed by atoms with Crippen molar-refractivity contribution in [2.24, 2.45) is 0 Å². The molecule has 43 heavy (non-hydrogen) atoms. The first kappa shape index (κ1) is 28.5. The SMILES string of the molecule is Cc1cc(Nc2nccn3c(-c4ccc(OC(F)F)cc4)cnc23)ccc1C(=O)N1CCN(C(=O)[C@H]2CNCCO2)CC1. The summed E-state index contributed by atoms with van der Waals surface area (Å²) >= 11 is 0. The summed E-state index contributed by atoms with van der Waals surface area (Å²) in [5.74, 6) is 0.489. The van der Waals surface area contributed by atoms with Gasteiger partial charge in [-0.15, -0.1) is 0 Å². The van der Waals surface area contributed by atoms with Gasteiger partial charge in [-0.1, -0.05) is 0 Å². The molecule has 2 aromatic carbocycles. The lowest BCUT2D eigenvalue weighted by atomic mass is 10.1. The zero-order valence-electron chi connectivity index (χ0n) is 23.5. The summed E-state index contributed by atoms with van der Waals surface area (Å²) in [6.07, 6.45) is 4.63. The first-order valence-corrected chi connectivity index (χ1v) is 14.0. The number of imidazole rings is 1. The Balaban J connectivity index is 1.12. The number of carbonyl (C=O) groups is 2. The van der Waals surface area contributed by atoms with Crippen LogP contribution in [0.4, 0.5) is 20.3 Å². The highest BCUT2D eigenvalue weighted by atomic mass is 19.3. The molecule has 224 valence electrons. The number of morpholine rings is 1. The number of alkyl halides is 2. The third-order valence-electron chi connectivity index (χ3n) is 7.60. The van der Waals surface area contributed by atoms with Gasteiger partial charge in [0.15, 0.2) is 11.5 Å². The van der Waals surface area contributed by atoms with E-state index in [4.69, 9.17) is 4.74 Å². The van der Waals surface area contributed by atoms with Crippen molar-refractivity contribution in [3.63, 3.8) is 0 Å². The summed E-state index contributed by atoms with van der Waals surface area (Å²) in [7, 11) is 0. The average molecular weight is 592 g/mol. The Hall–Kier alpha value is -4.62. The Morgan fingerprint density at radius 2 is 1.84 bits per heavy atom. The van der Waals surface area contributed by atoms with Crippen molar-refractivity contribution in [2.45, 2.75) is 19.6 Å². The van der Waals surface area contributed by atoms with Crippen LogP contribution in [0.25, 0.3) is 16.9 Å². The van der Waals surface area contributed by atoms with Gasteiger partial charge in [-0.05, 0) is 55.0 Å². The van der Waals surface area contributed by atoms with E-state index in [9.17, 15) is 18.4 Å². The van der Waals surface area contributed by atoms with Gasteiger partial charge in [0, 0.05) is 68.5 Å². The summed E-state index contributed by atoms with van der Waals surface area (Å²) < 4.78 is 36.9. The predicted molar refractivity (Wildman–Crippen MR) is 155 cm³/mol. The molecular formula is C30H31F2N7O4. The quantitative estimate of drug-likeness (QED) is 0.337. The number of aryl methyl sites for hydroxylation is 1. The number of rotatable bonds is 7. The largest absolute Gasteiger partial charge is 0.435 e. The summed E-state index contributed by atoms with van der Waals surface area (Å²) in [4.78, 5) is 38.6. The second kappa shape index (κ2) is 12.3. The summed E-state index contributed by atoms with van der Waals surface area (Å²) in [6.45, 7) is 2.64. The molecule has 2 aliphatic rings. The maximum Gasteiger partial charge on any atom is 0.387 e. The number of amides is 2. The van der Waals surface area contributed by atoms with Crippen molar-refractivity contribution in [1.82, 2.24) is 29.5 Å². The third-order valence-corrected chi connectivity index (χ3v) is 7.60. The van der Waals surface area contributed by atoms with Gasteiger partial charge in [0.25, 0.3) is 11.8 Å². The lowest BCUT2D eigenvalue weighted by molar-refractivity contribution is -0.146. The van der Waals surface area contributed by atoms with Crippen molar-refractivity contribution in [3.8, 4) is 17.0 Å². The summed E-state index contributed by atoms with van der Waals surface area (Å²) in [5.41, 5.74) is 4.24. The van der Waals surface area contributed by atoms with E-state index >= 15 is 0 Å². The standard InChI is InChI=1S/C30H31F2N7O4/c1-19-16-21(4-7-23(19)28(40)37-11-13-38(14-12-37)29(41)25-18-33-9-15-42-25)36-26-27-35-17-24(39(27)10-8-34-26)20-2-5-22(6-3-20)43-30(31)32/h2-8,10,16-17,25,30,33H,9,11-15,18H2,1H3,(H,34,36)/t25-/m1/s1. The van der Waals surface area contributed by atoms with Gasteiger partial charge in [0.1, 0.15) is 11.9 Å². The van der Waals surface area contributed by atoms with E-state index < -0.39 is 12.7 Å². The van der Waals surface area contributed by atoms with Gasteiger partial charge in [0.2, 0.25) is 0 Å². The summed E-state index contributed by atoms with van der Waals surface area (Å²) in [5, 5.41) is 6.47. The first-order valence-electron chi connectivity index (χ1n) is 14.0. The summed E-state index contributed by atoms with van der Waals surface area (Å²) in [6, 6.07) is 11.8. The van der Waals surface area contributed by atoms with Crippen LogP contribution in [-0.4, -0.2) is 94.6 Å². The van der Waals surface area contributed by atoms with Gasteiger partial charge in [-0.25, -0.2) is 9.97 Å². The Kier molecular flexibility index (Phi) is 8.16. The highest BCUT2D eigenvalue weighted by Crippen LogP contribution is 2.28. The molecule has 4 aromatic rings. The fourth-order valence-electron chi connectivity index (χ4n) is 5.37. The van der Waals surface area contributed by atoms with Crippen molar-refractivity contribution in [1.29, 1.82) is 0 Å². The maximum atomic E-state index is 13.4. The number of carbonyl (C=O) groups excluding carboxylic acids is 2. The van der Waals surface area contributed by atoms with Crippen molar-refractivity contribution in [3.05, 3.63) is 72.2 Å². The molecule has 11 nitrogen and oxygen atoms in total. The minimum Gasteiger partial charge on any atom is -0.435 e. The second-order valence-electron chi connectivity index (χ2n) is 10.4. The van der Waals surface area contributed by atoms with Gasteiger partial charge in [-0.3, -0.25) is 14.0 Å². The van der Waals surface area contributed by atoms with Crippen LogP contribution in [0.2, 0.25) is 0 Å². The molecule has 2 aliphatic heterocycles. The zero-order chi connectivity index (χ0) is 29.9. The molecule has 0 radical (unpaired) electrons. The number of hydrogen-bond acceptors (Lipinski definition) is 8. The van der Waals surface area contributed by atoms with Crippen LogP contribution in [0.3, 0.4) is 0 Å². The predicted octanol–water partition coefficient (Wildman–Crippen LogP) is 3.32. The molecule has 0 spiro atoms.